The number of carbonyl (C=O) groups excluding carboxylic acids is 5. The minimum absolute atomic E-state index is 0.0477. The number of urea groups is 1. The number of ether oxygens (including phenoxy) is 1. The van der Waals surface area contributed by atoms with Crippen molar-refractivity contribution in [3.8, 4) is 0 Å². The van der Waals surface area contributed by atoms with E-state index in [9.17, 15) is 68.4 Å². The number of carbonyl (C=O) groups is 10. The molecule has 4 fully saturated rings. The fourth-order valence-electron chi connectivity index (χ4n) is 9.78. The van der Waals surface area contributed by atoms with E-state index in [-0.39, 0.29) is 128 Å². The maximum atomic E-state index is 14.0. The van der Waals surface area contributed by atoms with E-state index in [1.165, 1.54) is 0 Å². The highest BCUT2D eigenvalue weighted by Gasteiger charge is 2.71. The first-order valence-corrected chi connectivity index (χ1v) is 24.2. The highest BCUT2D eigenvalue weighted by Crippen LogP contribution is 2.73. The van der Waals surface area contributed by atoms with Gasteiger partial charge in [-0.15, -0.1) is 0 Å². The lowest BCUT2D eigenvalue weighted by molar-refractivity contribution is -0.206. The number of nitrogens with one attached hydrogen (secondary N) is 5. The summed E-state index contributed by atoms with van der Waals surface area (Å²) in [6.45, 7) is 1.75. The van der Waals surface area contributed by atoms with Crippen LogP contribution in [0.25, 0.3) is 10.8 Å². The van der Waals surface area contributed by atoms with Crippen LogP contribution in [-0.2, 0) is 54.3 Å². The van der Waals surface area contributed by atoms with Crippen molar-refractivity contribution in [2.24, 2.45) is 10.8 Å². The predicted octanol–water partition coefficient (Wildman–Crippen LogP) is -0.968. The van der Waals surface area contributed by atoms with Gasteiger partial charge in [-0.1, -0.05) is 42.5 Å². The topological polar surface area (TPSA) is 354 Å². The molecule has 10 N–H and O–H groups in total. The van der Waals surface area contributed by atoms with Crippen molar-refractivity contribution in [1.82, 2.24) is 46.2 Å². The molecule has 0 spiro atoms. The predicted molar refractivity (Wildman–Crippen MR) is 258 cm³/mol. The van der Waals surface area contributed by atoms with Crippen LogP contribution in [0.15, 0.2) is 42.5 Å². The number of carboxylic acids is 5. The Hall–Kier alpha value is -6.96. The summed E-state index contributed by atoms with van der Waals surface area (Å²) >= 11 is 0. The van der Waals surface area contributed by atoms with Crippen molar-refractivity contribution in [1.29, 1.82) is 0 Å². The number of aliphatic carboxylic acids is 5. The molecule has 400 valence electrons. The largest absolute Gasteiger partial charge is 0.481 e. The molecular formula is C48H67N9O16. The Morgan fingerprint density at radius 1 is 0.616 bits per heavy atom. The van der Waals surface area contributed by atoms with Crippen LogP contribution in [0.4, 0.5) is 4.79 Å². The van der Waals surface area contributed by atoms with Gasteiger partial charge in [0.15, 0.2) is 6.23 Å². The zero-order valence-electron chi connectivity index (χ0n) is 40.6. The Morgan fingerprint density at radius 3 is 1.68 bits per heavy atom. The second-order valence-corrected chi connectivity index (χ2v) is 19.2. The van der Waals surface area contributed by atoms with E-state index >= 15 is 0 Å². The van der Waals surface area contributed by atoms with Gasteiger partial charge in [0.05, 0.1) is 31.6 Å². The van der Waals surface area contributed by atoms with Crippen molar-refractivity contribution in [2.75, 3.05) is 91.6 Å². The molecule has 0 aromatic heterocycles. The van der Waals surface area contributed by atoms with E-state index in [1.807, 2.05) is 47.4 Å². The third kappa shape index (κ3) is 18.2. The molecule has 4 aliphatic rings. The summed E-state index contributed by atoms with van der Waals surface area (Å²) in [5, 5.41) is 62.0. The summed E-state index contributed by atoms with van der Waals surface area (Å²) in [6.07, 6.45) is 0.401. The van der Waals surface area contributed by atoms with Gasteiger partial charge in [0.2, 0.25) is 17.7 Å². The molecule has 0 radical (unpaired) electrons. The minimum Gasteiger partial charge on any atom is -0.481 e. The first-order valence-electron chi connectivity index (χ1n) is 24.2. The summed E-state index contributed by atoms with van der Waals surface area (Å²) < 4.78 is 4.94. The molecule has 3 saturated carbocycles. The summed E-state index contributed by atoms with van der Waals surface area (Å²) in [6, 6.07) is 10.1. The Kier molecular flexibility index (Phi) is 21.2. The second kappa shape index (κ2) is 27.2. The molecule has 25 nitrogen and oxygen atoms in total. The summed E-state index contributed by atoms with van der Waals surface area (Å²) in [7, 11) is 0. The number of hydrogen-bond donors (Lipinski definition) is 10. The van der Waals surface area contributed by atoms with Crippen molar-refractivity contribution >= 4 is 70.8 Å². The van der Waals surface area contributed by atoms with Crippen LogP contribution in [0.5, 0.6) is 0 Å². The van der Waals surface area contributed by atoms with Crippen LogP contribution in [0.3, 0.4) is 0 Å². The molecule has 73 heavy (non-hydrogen) atoms. The van der Waals surface area contributed by atoms with Crippen LogP contribution >= 0.6 is 0 Å². The summed E-state index contributed by atoms with van der Waals surface area (Å²) in [5.41, 5.74) is -0.229. The maximum absolute atomic E-state index is 14.0. The van der Waals surface area contributed by atoms with E-state index in [0.717, 1.165) is 16.3 Å². The average molecular weight is 1030 g/mol. The van der Waals surface area contributed by atoms with Gasteiger partial charge in [0.1, 0.15) is 12.1 Å². The highest BCUT2D eigenvalue weighted by molar-refractivity contribution is 5.92. The molecule has 3 aliphatic carbocycles. The molecule has 2 bridgehead atoms. The highest BCUT2D eigenvalue weighted by atomic mass is 16.5. The number of hydrogen-bond acceptors (Lipinski definition) is 15. The van der Waals surface area contributed by atoms with Gasteiger partial charge in [-0.05, 0) is 60.3 Å². The quantitative estimate of drug-likeness (QED) is 0.0278. The average Bonchev–Trinajstić information content (AvgIpc) is 3.29. The van der Waals surface area contributed by atoms with Crippen molar-refractivity contribution in [2.45, 2.75) is 76.1 Å². The summed E-state index contributed by atoms with van der Waals surface area (Å²) in [4.78, 5) is 129. The molecule has 25 heteroatoms. The number of benzene rings is 2. The second-order valence-electron chi connectivity index (χ2n) is 19.2. The van der Waals surface area contributed by atoms with Gasteiger partial charge in [0.25, 0.3) is 6.47 Å². The molecule has 1 heterocycles. The maximum Gasteiger partial charge on any atom is 0.326 e. The van der Waals surface area contributed by atoms with Crippen LogP contribution in [0, 0.1) is 10.8 Å². The SMILES string of the molecule is O=CO[C@H](CCCCNC(=O)[C@H](Cc1ccc2ccccc2c1)NC(=O)C12CC(CNC(=O)CN3CCN(CC(=O)O)CCN(CC(=O)O)CCN(CC(=O)O)CC3)(C1)C2)NC(=O)N[C@@H](CCC(=O)O)C(=O)O. The van der Waals surface area contributed by atoms with Crippen LogP contribution in [0.1, 0.15) is 56.9 Å². The van der Waals surface area contributed by atoms with E-state index in [4.69, 9.17) is 9.84 Å². The third-order valence-corrected chi connectivity index (χ3v) is 13.5. The summed E-state index contributed by atoms with van der Waals surface area (Å²) in [5.74, 6) is -6.87. The van der Waals surface area contributed by atoms with Gasteiger partial charge in [0, 0.05) is 84.7 Å². The Morgan fingerprint density at radius 2 is 1.16 bits per heavy atom. The van der Waals surface area contributed by atoms with Gasteiger partial charge < -0.3 is 56.9 Å². The van der Waals surface area contributed by atoms with E-state index in [2.05, 4.69) is 26.6 Å². The first-order chi connectivity index (χ1) is 34.8. The van der Waals surface area contributed by atoms with Crippen molar-refractivity contribution in [3.63, 3.8) is 0 Å². The Balaban J connectivity index is 1.13. The van der Waals surface area contributed by atoms with Gasteiger partial charge in [-0.3, -0.25) is 58.0 Å². The lowest BCUT2D eigenvalue weighted by atomic mass is 9.35. The van der Waals surface area contributed by atoms with Gasteiger partial charge >= 0.3 is 35.9 Å². The molecule has 2 aromatic rings. The van der Waals surface area contributed by atoms with Gasteiger partial charge in [-0.2, -0.15) is 0 Å². The molecule has 6 rings (SSSR count). The number of fused-ring (bicyclic) bond motifs is 1. The van der Waals surface area contributed by atoms with E-state index < -0.39 is 71.9 Å². The lowest BCUT2D eigenvalue weighted by Crippen LogP contribution is -2.71. The third-order valence-electron chi connectivity index (χ3n) is 13.5. The zero-order valence-corrected chi connectivity index (χ0v) is 40.6. The lowest BCUT2D eigenvalue weighted by Gasteiger charge is -2.69. The molecule has 0 unspecified atom stereocenters. The van der Waals surface area contributed by atoms with Gasteiger partial charge in [-0.25, -0.2) is 9.59 Å². The van der Waals surface area contributed by atoms with Crippen LogP contribution < -0.4 is 26.6 Å². The fourth-order valence-corrected chi connectivity index (χ4v) is 9.78. The molecule has 1 aliphatic heterocycles. The van der Waals surface area contributed by atoms with E-state index in [0.29, 0.717) is 38.6 Å². The minimum atomic E-state index is -1.50. The Bertz CT molecular complexity index is 2270. The van der Waals surface area contributed by atoms with E-state index in [1.54, 1.807) is 14.7 Å². The fraction of sp³-hybridized carbons (Fsp3) is 0.583. The number of carboxylic acid groups (broad SMARTS) is 5. The molecular weight excluding hydrogens is 959 g/mol. The Labute approximate surface area is 420 Å². The standard InChI is InChI=1S/C48H67N9O16/c58-31-73-38(53-46(72)52-35(44(69)70)10-11-39(60)61)7-3-4-12-49-43(68)36(22-32-8-9-33-5-1-2-6-34(33)21-32)51-45(71)48-27-47(28-48,29-48)30-50-37(59)23-54-13-15-55(24-40(62)63)17-19-57(26-42(66)67)20-18-56(16-14-54)25-41(64)65/h1-2,5-6,8-9,21,31,35-36,38H,3-4,7,10-20,22-30H2,(H,49,68)(H,50,59)(H,51,71)(H,60,61)(H,62,63)(H,64,65)(H,66,67)(H,69,70)(H2,52,53,72)/t35-,36-,38+,47?,48?/m0/s1. The number of unbranched alkanes of at least 4 members (excludes halogenated alkanes) is 1. The molecule has 5 amide bonds. The first kappa shape index (κ1) is 56.9. The van der Waals surface area contributed by atoms with Crippen molar-refractivity contribution in [3.05, 3.63) is 48.0 Å². The number of nitrogens with zero attached hydrogens (tertiary/aromatic N) is 4. The molecule has 2 aromatic carbocycles. The van der Waals surface area contributed by atoms with Crippen LogP contribution in [0.2, 0.25) is 0 Å². The molecule has 3 atom stereocenters. The smallest absolute Gasteiger partial charge is 0.326 e. The van der Waals surface area contributed by atoms with Crippen molar-refractivity contribution < 1.29 is 78.2 Å². The zero-order chi connectivity index (χ0) is 53.1. The molecule has 1 saturated heterocycles. The normalized spacial score (nSPS) is 20.9. The van der Waals surface area contributed by atoms with Crippen LogP contribution in [-0.4, -0.2) is 215 Å². The monoisotopic (exact) mass is 1030 g/mol. The number of rotatable bonds is 28. The number of amides is 5.